The van der Waals surface area contributed by atoms with Crippen molar-refractivity contribution in [3.8, 4) is 28.9 Å². The number of nitrogens with zero attached hydrogens (tertiary/aromatic N) is 2. The molecule has 46 heavy (non-hydrogen) atoms. The van der Waals surface area contributed by atoms with Crippen LogP contribution in [-0.4, -0.2) is 58.0 Å². The molecule has 1 N–H and O–H groups in total. The van der Waals surface area contributed by atoms with Gasteiger partial charge >= 0.3 is 6.36 Å². The minimum atomic E-state index is -5.00. The Labute approximate surface area is 264 Å². The maximum atomic E-state index is 15.0. The quantitative estimate of drug-likeness (QED) is 0.124. The molecular weight excluding hydrogens is 630 g/mol. The highest BCUT2D eigenvalue weighted by Gasteiger charge is 2.31. The van der Waals surface area contributed by atoms with Crippen LogP contribution in [0.5, 0.6) is 28.9 Å². The summed E-state index contributed by atoms with van der Waals surface area (Å²) in [6.07, 6.45) is -1.66. The second kappa shape index (κ2) is 14.0. The fraction of sp³-hybridized carbons (Fsp3) is 0.344. The molecule has 0 aliphatic carbocycles. The first-order valence-corrected chi connectivity index (χ1v) is 16.1. The molecule has 1 fully saturated rings. The van der Waals surface area contributed by atoms with Crippen molar-refractivity contribution in [2.75, 3.05) is 38.1 Å². The van der Waals surface area contributed by atoms with Gasteiger partial charge in [0, 0.05) is 42.7 Å². The molecule has 9 nitrogen and oxygen atoms in total. The molecule has 1 atom stereocenters. The first-order valence-electron chi connectivity index (χ1n) is 14.6. The van der Waals surface area contributed by atoms with E-state index in [0.29, 0.717) is 35.6 Å². The molecule has 0 saturated carbocycles. The topological polar surface area (TPSA) is 99.2 Å². The molecule has 246 valence electrons. The van der Waals surface area contributed by atoms with E-state index in [1.54, 1.807) is 31.4 Å². The van der Waals surface area contributed by atoms with Crippen molar-refractivity contribution in [3.63, 3.8) is 0 Å². The number of alkyl halides is 3. The van der Waals surface area contributed by atoms with E-state index in [1.165, 1.54) is 25.0 Å². The lowest BCUT2D eigenvalue weighted by Crippen LogP contribution is -2.35. The van der Waals surface area contributed by atoms with Gasteiger partial charge < -0.3 is 23.8 Å². The van der Waals surface area contributed by atoms with E-state index in [1.807, 2.05) is 0 Å². The van der Waals surface area contributed by atoms with Gasteiger partial charge in [0.25, 0.3) is 10.0 Å². The Morgan fingerprint density at radius 1 is 1.02 bits per heavy atom. The predicted octanol–water partition coefficient (Wildman–Crippen LogP) is 7.38. The zero-order valence-electron chi connectivity index (χ0n) is 25.1. The van der Waals surface area contributed by atoms with E-state index < -0.39 is 32.8 Å². The summed E-state index contributed by atoms with van der Waals surface area (Å²) in [5, 5.41) is 0.744. The van der Waals surface area contributed by atoms with Gasteiger partial charge in [-0.3, -0.25) is 4.72 Å². The van der Waals surface area contributed by atoms with Gasteiger partial charge in [-0.25, -0.2) is 17.8 Å². The van der Waals surface area contributed by atoms with Crippen LogP contribution in [0.4, 0.5) is 23.2 Å². The number of rotatable bonds is 12. The number of hydrogen-bond acceptors (Lipinski definition) is 8. The van der Waals surface area contributed by atoms with Crippen molar-refractivity contribution in [1.82, 2.24) is 9.88 Å². The molecule has 1 unspecified atom stereocenters. The number of ether oxygens (including phenoxy) is 4. The van der Waals surface area contributed by atoms with Gasteiger partial charge in [0.05, 0.1) is 29.8 Å². The molecule has 0 amide bonds. The summed E-state index contributed by atoms with van der Waals surface area (Å²) >= 11 is 0. The Morgan fingerprint density at radius 2 is 1.85 bits per heavy atom. The fourth-order valence-corrected chi connectivity index (χ4v) is 6.30. The fourth-order valence-electron chi connectivity index (χ4n) is 5.21. The summed E-state index contributed by atoms with van der Waals surface area (Å²) in [5.41, 5.74) is 0.349. The number of likely N-dealkylation sites (tertiary alicyclic amines) is 1. The Bertz CT molecular complexity index is 1790. The number of pyridine rings is 1. The molecular formula is C32H33F4N3O6S. The Hall–Kier alpha value is -4.30. The van der Waals surface area contributed by atoms with Gasteiger partial charge in [0.2, 0.25) is 5.88 Å². The third kappa shape index (κ3) is 8.69. The van der Waals surface area contributed by atoms with Gasteiger partial charge in [-0.05, 0) is 68.1 Å². The zero-order chi connectivity index (χ0) is 32.9. The van der Waals surface area contributed by atoms with Gasteiger partial charge in [0.1, 0.15) is 5.75 Å². The summed E-state index contributed by atoms with van der Waals surface area (Å²) in [7, 11) is -2.82. The molecule has 2 heterocycles. The number of aromatic nitrogens is 1. The normalized spacial score (nSPS) is 15.8. The zero-order valence-corrected chi connectivity index (χ0v) is 26.0. The monoisotopic (exact) mass is 663 g/mol. The first kappa shape index (κ1) is 33.1. The number of benzene rings is 3. The molecule has 0 radical (unpaired) electrons. The van der Waals surface area contributed by atoms with Crippen LogP contribution < -0.4 is 23.7 Å². The van der Waals surface area contributed by atoms with Crippen LogP contribution in [0.25, 0.3) is 10.9 Å². The van der Waals surface area contributed by atoms with E-state index in [2.05, 4.69) is 26.3 Å². The van der Waals surface area contributed by atoms with Gasteiger partial charge in [-0.2, -0.15) is 0 Å². The van der Waals surface area contributed by atoms with E-state index in [-0.39, 0.29) is 17.3 Å². The molecule has 4 aromatic rings. The summed E-state index contributed by atoms with van der Waals surface area (Å²) in [6, 6.07) is 14.0. The number of sulfonamides is 1. The smallest absolute Gasteiger partial charge is 0.493 e. The van der Waals surface area contributed by atoms with Crippen LogP contribution in [-0.2, 0) is 10.0 Å². The summed E-state index contributed by atoms with van der Waals surface area (Å²) in [4.78, 5) is 6.42. The highest BCUT2D eigenvalue weighted by atomic mass is 32.2. The van der Waals surface area contributed by atoms with Crippen LogP contribution in [0.3, 0.4) is 0 Å². The molecule has 0 spiro atoms. The Morgan fingerprint density at radius 3 is 2.59 bits per heavy atom. The molecule has 5 rings (SSSR count). The maximum absolute atomic E-state index is 15.0. The van der Waals surface area contributed by atoms with Gasteiger partial charge in [-0.1, -0.05) is 13.0 Å². The summed E-state index contributed by atoms with van der Waals surface area (Å²) in [5.74, 6) is 0.0108. The Balaban J connectivity index is 1.25. The standard InChI is InChI=1S/C32H33F4N3O6S/c1-21-6-4-13-39(20-21)14-5-15-43-30-19-27-22(16-29(30)42-2)9-12-31(37-27)44-28-11-10-23(17-26(28)33)38-46(40,41)25-8-3-7-24(18-25)45-32(34,35)36/h3,7-12,16-19,21,38H,4-6,13-15,20H2,1-2H3. The number of anilines is 1. The number of hydrogen-bond donors (Lipinski definition) is 1. The minimum Gasteiger partial charge on any atom is -0.493 e. The third-order valence-electron chi connectivity index (χ3n) is 7.31. The Kier molecular flexibility index (Phi) is 10.1. The van der Waals surface area contributed by atoms with Crippen LogP contribution >= 0.6 is 0 Å². The van der Waals surface area contributed by atoms with Gasteiger partial charge in [-0.15, -0.1) is 13.2 Å². The van der Waals surface area contributed by atoms with E-state index in [9.17, 15) is 26.0 Å². The predicted molar refractivity (Wildman–Crippen MR) is 164 cm³/mol. The number of methoxy groups -OCH3 is 1. The number of piperidine rings is 1. The van der Waals surface area contributed by atoms with Crippen molar-refractivity contribution in [3.05, 3.63) is 72.5 Å². The number of fused-ring (bicyclic) bond motifs is 1. The SMILES string of the molecule is COc1cc2ccc(Oc3ccc(NS(=O)(=O)c4cccc(OC(F)(F)F)c4)cc3F)nc2cc1OCCCN1CCCC(C)C1. The summed E-state index contributed by atoms with van der Waals surface area (Å²) < 4.78 is 101. The van der Waals surface area contributed by atoms with E-state index in [0.717, 1.165) is 55.7 Å². The largest absolute Gasteiger partial charge is 0.573 e. The molecule has 1 aliphatic heterocycles. The van der Waals surface area contributed by atoms with Crippen LogP contribution in [0, 0.1) is 11.7 Å². The maximum Gasteiger partial charge on any atom is 0.573 e. The van der Waals surface area contributed by atoms with Crippen molar-refractivity contribution in [1.29, 1.82) is 0 Å². The average Bonchev–Trinajstić information content (AvgIpc) is 2.99. The van der Waals surface area contributed by atoms with E-state index >= 15 is 0 Å². The van der Waals surface area contributed by atoms with Crippen LogP contribution in [0.15, 0.2) is 71.6 Å². The summed E-state index contributed by atoms with van der Waals surface area (Å²) in [6.45, 7) is 5.93. The highest BCUT2D eigenvalue weighted by molar-refractivity contribution is 7.92. The van der Waals surface area contributed by atoms with Crippen LogP contribution in [0.1, 0.15) is 26.2 Å². The van der Waals surface area contributed by atoms with E-state index in [4.69, 9.17) is 14.2 Å². The van der Waals surface area contributed by atoms with Crippen molar-refractivity contribution >= 4 is 26.6 Å². The first-order chi connectivity index (χ1) is 21.9. The lowest BCUT2D eigenvalue weighted by molar-refractivity contribution is -0.274. The third-order valence-corrected chi connectivity index (χ3v) is 8.69. The molecule has 1 aliphatic rings. The number of halogens is 4. The second-order valence-electron chi connectivity index (χ2n) is 11.0. The van der Waals surface area contributed by atoms with Gasteiger partial charge in [0.15, 0.2) is 23.1 Å². The number of nitrogens with one attached hydrogen (secondary N) is 1. The van der Waals surface area contributed by atoms with Crippen molar-refractivity contribution < 1.29 is 44.9 Å². The molecule has 1 aromatic heterocycles. The second-order valence-corrected chi connectivity index (χ2v) is 12.7. The molecule has 1 saturated heterocycles. The molecule has 14 heteroatoms. The molecule has 3 aromatic carbocycles. The van der Waals surface area contributed by atoms with Crippen molar-refractivity contribution in [2.45, 2.75) is 37.4 Å². The van der Waals surface area contributed by atoms with Crippen LogP contribution in [0.2, 0.25) is 0 Å². The molecule has 0 bridgehead atoms. The van der Waals surface area contributed by atoms with Crippen molar-refractivity contribution in [2.24, 2.45) is 5.92 Å². The lowest BCUT2D eigenvalue weighted by atomic mass is 10.0. The minimum absolute atomic E-state index is 0.0801. The lowest BCUT2D eigenvalue weighted by Gasteiger charge is -2.30. The highest BCUT2D eigenvalue weighted by Crippen LogP contribution is 2.34. The average molecular weight is 664 g/mol.